The molecule has 0 saturated carbocycles. The molecule has 0 N–H and O–H groups in total. The predicted molar refractivity (Wildman–Crippen MR) is 48.9 cm³/mol. The van der Waals surface area contributed by atoms with E-state index < -0.39 is 12.1 Å². The van der Waals surface area contributed by atoms with E-state index in [-0.39, 0.29) is 6.42 Å². The highest BCUT2D eigenvalue weighted by atomic mass is 16.7. The van der Waals surface area contributed by atoms with Gasteiger partial charge in [0.05, 0.1) is 17.9 Å². The molecule has 0 aliphatic carbocycles. The Morgan fingerprint density at radius 3 is 3.13 bits per heavy atom. The van der Waals surface area contributed by atoms with Gasteiger partial charge in [-0.1, -0.05) is 5.16 Å². The summed E-state index contributed by atoms with van der Waals surface area (Å²) in [5.41, 5.74) is 1.39. The van der Waals surface area contributed by atoms with Crippen LogP contribution in [0.15, 0.2) is 17.5 Å². The van der Waals surface area contributed by atoms with Crippen molar-refractivity contribution in [1.29, 1.82) is 0 Å². The van der Waals surface area contributed by atoms with Crippen LogP contribution in [0.3, 0.4) is 0 Å². The Bertz CT molecular complexity index is 410. The number of carboxylic acids is 1. The first-order chi connectivity index (χ1) is 7.20. The number of hydrogen-bond acceptors (Lipinski definition) is 5. The summed E-state index contributed by atoms with van der Waals surface area (Å²) in [7, 11) is 0. The highest BCUT2D eigenvalue weighted by Gasteiger charge is 2.23. The number of carboxylic acid groups (broad SMARTS) is 1. The van der Waals surface area contributed by atoms with Gasteiger partial charge in [0.25, 0.3) is 0 Å². The molecule has 0 spiro atoms. The van der Waals surface area contributed by atoms with E-state index in [9.17, 15) is 9.90 Å². The van der Waals surface area contributed by atoms with Gasteiger partial charge in [0.1, 0.15) is 0 Å². The van der Waals surface area contributed by atoms with Crippen molar-refractivity contribution >= 4 is 11.7 Å². The number of oxime groups is 1. The number of hydrogen-bond donors (Lipinski definition) is 0. The molecule has 0 saturated heterocycles. The second-order valence-electron chi connectivity index (χ2n) is 3.24. The highest BCUT2D eigenvalue weighted by Crippen LogP contribution is 2.15. The van der Waals surface area contributed by atoms with Crippen molar-refractivity contribution < 1.29 is 14.7 Å². The molecular weight excluding hydrogens is 198 g/mol. The fraction of sp³-hybridized carbons (Fsp3) is 0.444. The second-order valence-corrected chi connectivity index (χ2v) is 3.24. The van der Waals surface area contributed by atoms with Gasteiger partial charge in [-0.15, -0.1) is 0 Å². The number of carbonyl (C=O) groups is 1. The average Bonchev–Trinajstić information content (AvgIpc) is 2.86. The van der Waals surface area contributed by atoms with Crippen LogP contribution in [0.1, 0.15) is 18.9 Å². The smallest absolute Gasteiger partial charge is 0.172 e. The van der Waals surface area contributed by atoms with Gasteiger partial charge in [-0.05, 0) is 6.92 Å². The van der Waals surface area contributed by atoms with Crippen molar-refractivity contribution in [3.63, 3.8) is 0 Å². The van der Waals surface area contributed by atoms with E-state index >= 15 is 0 Å². The van der Waals surface area contributed by atoms with E-state index in [0.717, 1.165) is 12.1 Å². The molecule has 2 heterocycles. The molecule has 0 unspecified atom stereocenters. The molecule has 6 heteroatoms. The largest absolute Gasteiger partial charge is 0.546 e. The Kier molecular flexibility index (Phi) is 2.40. The third-order valence-corrected chi connectivity index (χ3v) is 2.22. The third kappa shape index (κ3) is 1.83. The summed E-state index contributed by atoms with van der Waals surface area (Å²) in [6.45, 7) is 2.73. The number of aromatic nitrogens is 2. The van der Waals surface area contributed by atoms with Crippen LogP contribution in [0.5, 0.6) is 0 Å². The third-order valence-electron chi connectivity index (χ3n) is 2.22. The number of aryl methyl sites for hydroxylation is 1. The minimum absolute atomic E-state index is 0.234. The molecular formula is C9H10N3O3-. The van der Waals surface area contributed by atoms with Crippen LogP contribution in [0.25, 0.3) is 0 Å². The van der Waals surface area contributed by atoms with Gasteiger partial charge in [0.2, 0.25) is 0 Å². The topological polar surface area (TPSA) is 79.5 Å². The maximum absolute atomic E-state index is 10.5. The van der Waals surface area contributed by atoms with Gasteiger partial charge in [-0.25, -0.2) is 0 Å². The molecule has 0 fully saturated rings. The average molecular weight is 208 g/mol. The number of aliphatic carboxylic acids is 1. The molecule has 80 valence electrons. The van der Waals surface area contributed by atoms with Crippen LogP contribution in [-0.2, 0) is 16.2 Å². The first kappa shape index (κ1) is 9.70. The molecule has 1 aromatic rings. The molecule has 2 rings (SSSR count). The molecule has 0 aromatic carbocycles. The SMILES string of the molecule is CCn1cc(C2=NO[C@H](C(=O)[O-])C2)cn1. The minimum Gasteiger partial charge on any atom is -0.546 e. The van der Waals surface area contributed by atoms with E-state index in [1.54, 1.807) is 17.1 Å². The Hall–Kier alpha value is -1.85. The maximum atomic E-state index is 10.5. The summed E-state index contributed by atoms with van der Waals surface area (Å²) < 4.78 is 1.74. The lowest BCUT2D eigenvalue weighted by Crippen LogP contribution is -2.35. The van der Waals surface area contributed by atoms with Gasteiger partial charge in [0, 0.05) is 24.7 Å². The normalized spacial score (nSPS) is 19.8. The summed E-state index contributed by atoms with van der Waals surface area (Å²) in [5, 5.41) is 18.3. The summed E-state index contributed by atoms with van der Waals surface area (Å²) in [5.74, 6) is -1.24. The number of nitrogens with zero attached hydrogens (tertiary/aromatic N) is 3. The van der Waals surface area contributed by atoms with Crippen molar-refractivity contribution in [3.05, 3.63) is 18.0 Å². The Labute approximate surface area is 86.1 Å². The molecule has 0 bridgehead atoms. The Morgan fingerprint density at radius 2 is 2.60 bits per heavy atom. The Balaban J connectivity index is 2.10. The molecule has 1 aliphatic heterocycles. The first-order valence-corrected chi connectivity index (χ1v) is 4.67. The zero-order valence-corrected chi connectivity index (χ0v) is 8.21. The molecule has 6 nitrogen and oxygen atoms in total. The molecule has 1 aromatic heterocycles. The fourth-order valence-electron chi connectivity index (χ4n) is 1.36. The summed E-state index contributed by atoms with van der Waals surface area (Å²) >= 11 is 0. The Morgan fingerprint density at radius 1 is 1.80 bits per heavy atom. The molecule has 15 heavy (non-hydrogen) atoms. The van der Waals surface area contributed by atoms with Crippen molar-refractivity contribution in [1.82, 2.24) is 9.78 Å². The number of rotatable bonds is 3. The summed E-state index contributed by atoms with van der Waals surface area (Å²) in [4.78, 5) is 15.2. The van der Waals surface area contributed by atoms with Gasteiger partial charge >= 0.3 is 0 Å². The maximum Gasteiger partial charge on any atom is 0.172 e. The first-order valence-electron chi connectivity index (χ1n) is 4.67. The van der Waals surface area contributed by atoms with E-state index in [2.05, 4.69) is 10.3 Å². The van der Waals surface area contributed by atoms with Gasteiger partial charge in [0.15, 0.2) is 6.10 Å². The number of carbonyl (C=O) groups excluding carboxylic acids is 1. The lowest BCUT2D eigenvalue weighted by molar-refractivity contribution is -0.315. The van der Waals surface area contributed by atoms with Gasteiger partial charge in [-0.2, -0.15) is 5.10 Å². The van der Waals surface area contributed by atoms with Crippen LogP contribution >= 0.6 is 0 Å². The van der Waals surface area contributed by atoms with E-state index in [4.69, 9.17) is 4.84 Å². The quantitative estimate of drug-likeness (QED) is 0.647. The summed E-state index contributed by atoms with van der Waals surface area (Å²) in [6.07, 6.45) is 2.71. The molecule has 1 aliphatic rings. The predicted octanol–water partition coefficient (Wildman–Crippen LogP) is -0.854. The molecule has 0 amide bonds. The lowest BCUT2D eigenvalue weighted by Gasteiger charge is -2.06. The minimum atomic E-state index is -1.24. The van der Waals surface area contributed by atoms with Crippen LogP contribution in [-0.4, -0.2) is 27.6 Å². The zero-order chi connectivity index (χ0) is 10.8. The van der Waals surface area contributed by atoms with Crippen molar-refractivity contribution in [2.75, 3.05) is 0 Å². The van der Waals surface area contributed by atoms with Crippen LogP contribution in [0.4, 0.5) is 0 Å². The second kappa shape index (κ2) is 3.72. The summed E-state index contributed by atoms with van der Waals surface area (Å²) in [6, 6.07) is 0. The fourth-order valence-corrected chi connectivity index (χ4v) is 1.36. The van der Waals surface area contributed by atoms with Crippen LogP contribution in [0.2, 0.25) is 0 Å². The monoisotopic (exact) mass is 208 g/mol. The van der Waals surface area contributed by atoms with Gasteiger partial charge < -0.3 is 14.7 Å². The highest BCUT2D eigenvalue weighted by molar-refractivity contribution is 6.02. The molecule has 0 radical (unpaired) electrons. The lowest BCUT2D eigenvalue weighted by atomic mass is 10.1. The van der Waals surface area contributed by atoms with Crippen LogP contribution < -0.4 is 5.11 Å². The van der Waals surface area contributed by atoms with Gasteiger partial charge in [-0.3, -0.25) is 4.68 Å². The van der Waals surface area contributed by atoms with Crippen LogP contribution in [0, 0.1) is 0 Å². The van der Waals surface area contributed by atoms with E-state index in [1.807, 2.05) is 6.92 Å². The van der Waals surface area contributed by atoms with Crippen molar-refractivity contribution in [2.45, 2.75) is 26.0 Å². The van der Waals surface area contributed by atoms with Crippen molar-refractivity contribution in [2.24, 2.45) is 5.16 Å². The van der Waals surface area contributed by atoms with Crippen molar-refractivity contribution in [3.8, 4) is 0 Å². The molecule has 1 atom stereocenters. The van der Waals surface area contributed by atoms with E-state index in [1.165, 1.54) is 0 Å². The standard InChI is InChI=1S/C9H11N3O3/c1-2-12-5-6(4-10-12)7-3-8(9(13)14)15-11-7/h4-5,8H,2-3H2,1H3,(H,13,14)/p-1/t8-/m0/s1. The zero-order valence-electron chi connectivity index (χ0n) is 8.21. The van der Waals surface area contributed by atoms with E-state index in [0.29, 0.717) is 5.71 Å².